The van der Waals surface area contributed by atoms with Gasteiger partial charge >= 0.3 is 0 Å². The molecule has 0 radical (unpaired) electrons. The summed E-state index contributed by atoms with van der Waals surface area (Å²) in [5.74, 6) is -2.38. The predicted octanol–water partition coefficient (Wildman–Crippen LogP) is 0.620. The maximum absolute atomic E-state index is 16.8. The molecule has 0 amide bonds. The molecule has 4 N–H and O–H groups in total. The summed E-state index contributed by atoms with van der Waals surface area (Å²) < 4.78 is 16.8. The van der Waals surface area contributed by atoms with Gasteiger partial charge in [0.15, 0.2) is 22.8 Å². The van der Waals surface area contributed by atoms with Crippen LogP contribution in [-0.4, -0.2) is 62.1 Å². The van der Waals surface area contributed by atoms with Crippen LogP contribution in [0.25, 0.3) is 0 Å². The van der Waals surface area contributed by atoms with Crippen LogP contribution >= 0.6 is 0 Å². The van der Waals surface area contributed by atoms with Gasteiger partial charge in [0.05, 0.1) is 12.2 Å². The Bertz CT molecular complexity index is 807. The number of halogens is 1. The van der Waals surface area contributed by atoms with E-state index in [2.05, 4.69) is 0 Å². The number of carbonyl (C=O) groups is 2. The van der Waals surface area contributed by atoms with Gasteiger partial charge in [0.25, 0.3) is 0 Å². The highest BCUT2D eigenvalue weighted by Crippen LogP contribution is 2.69. The van der Waals surface area contributed by atoms with E-state index in [9.17, 15) is 30.0 Å². The number of carbonyl (C=O) groups excluding carboxylic acids is 2. The Morgan fingerprint density at radius 1 is 1.25 bits per heavy atom. The first-order valence-electron chi connectivity index (χ1n) is 9.82. The number of rotatable bonds is 2. The van der Waals surface area contributed by atoms with E-state index in [0.717, 1.165) is 0 Å². The molecule has 0 aromatic carbocycles. The van der Waals surface area contributed by atoms with E-state index >= 15 is 4.39 Å². The van der Waals surface area contributed by atoms with E-state index in [4.69, 9.17) is 0 Å². The second kappa shape index (κ2) is 5.81. The van der Waals surface area contributed by atoms with E-state index < -0.39 is 58.5 Å². The van der Waals surface area contributed by atoms with Crippen molar-refractivity contribution in [3.05, 3.63) is 23.8 Å². The van der Waals surface area contributed by atoms with Crippen molar-refractivity contribution in [1.29, 1.82) is 0 Å². The van der Waals surface area contributed by atoms with Gasteiger partial charge in [-0.05, 0) is 50.7 Å². The second-order valence-electron chi connectivity index (χ2n) is 9.36. The lowest BCUT2D eigenvalue weighted by Crippen LogP contribution is -2.69. The molecule has 0 aliphatic heterocycles. The van der Waals surface area contributed by atoms with E-state index in [0.29, 0.717) is 18.4 Å². The van der Waals surface area contributed by atoms with Crippen LogP contribution in [-0.2, 0) is 9.59 Å². The molecule has 4 rings (SSSR count). The van der Waals surface area contributed by atoms with Gasteiger partial charge < -0.3 is 20.4 Å². The molecule has 0 bridgehead atoms. The Morgan fingerprint density at radius 3 is 2.57 bits per heavy atom. The van der Waals surface area contributed by atoms with Crippen molar-refractivity contribution in [2.45, 2.75) is 63.0 Å². The number of hydrogen-bond donors (Lipinski definition) is 4. The van der Waals surface area contributed by atoms with Crippen molar-refractivity contribution in [3.8, 4) is 0 Å². The monoisotopic (exact) mass is 394 g/mol. The summed E-state index contributed by atoms with van der Waals surface area (Å²) in [4.78, 5) is 24.2. The number of ketones is 2. The molecule has 0 heterocycles. The van der Waals surface area contributed by atoms with Crippen LogP contribution in [0.5, 0.6) is 0 Å². The number of fused-ring (bicyclic) bond motifs is 5. The summed E-state index contributed by atoms with van der Waals surface area (Å²) in [5, 5.41) is 42.1. The Morgan fingerprint density at radius 2 is 1.93 bits per heavy atom. The van der Waals surface area contributed by atoms with Gasteiger partial charge in [0, 0.05) is 16.7 Å². The number of allylic oxidation sites excluding steroid dienone is 4. The fourth-order valence-electron chi connectivity index (χ4n) is 6.85. The smallest absolute Gasteiger partial charge is 0.192 e. The summed E-state index contributed by atoms with van der Waals surface area (Å²) in [6.45, 7) is 2.33. The summed E-state index contributed by atoms with van der Waals surface area (Å²) in [7, 11) is 0. The lowest BCUT2D eigenvalue weighted by Gasteiger charge is -2.62. The highest BCUT2D eigenvalue weighted by Gasteiger charge is 2.76. The van der Waals surface area contributed by atoms with Gasteiger partial charge in [-0.15, -0.1) is 0 Å². The number of aliphatic hydroxyl groups is 4. The highest BCUT2D eigenvalue weighted by atomic mass is 19.1. The van der Waals surface area contributed by atoms with Crippen molar-refractivity contribution < 1.29 is 34.4 Å². The third-order valence-electron chi connectivity index (χ3n) is 8.43. The Hall–Kier alpha value is -1.41. The van der Waals surface area contributed by atoms with Crippen molar-refractivity contribution in [1.82, 2.24) is 0 Å². The molecule has 8 atom stereocenters. The summed E-state index contributed by atoms with van der Waals surface area (Å²) >= 11 is 0. The number of Topliss-reactive ketones (excluding diaryl/α,β-unsaturated/α-hetero) is 1. The predicted molar refractivity (Wildman–Crippen MR) is 96.8 cm³/mol. The zero-order valence-electron chi connectivity index (χ0n) is 16.1. The van der Waals surface area contributed by atoms with Gasteiger partial charge in [-0.3, -0.25) is 9.59 Å². The largest absolute Gasteiger partial charge is 0.390 e. The van der Waals surface area contributed by atoms with Crippen LogP contribution in [0.1, 0.15) is 39.5 Å². The normalized spacial score (nSPS) is 52.5. The van der Waals surface area contributed by atoms with Gasteiger partial charge in [-0.2, -0.15) is 0 Å². The highest BCUT2D eigenvalue weighted by molar-refractivity contribution is 6.01. The minimum Gasteiger partial charge on any atom is -0.390 e. The van der Waals surface area contributed by atoms with Gasteiger partial charge in [-0.25, -0.2) is 4.39 Å². The molecule has 4 aliphatic rings. The third kappa shape index (κ3) is 2.01. The van der Waals surface area contributed by atoms with Crippen LogP contribution in [0.3, 0.4) is 0 Å². The van der Waals surface area contributed by atoms with E-state index in [1.165, 1.54) is 18.2 Å². The first-order valence-corrected chi connectivity index (χ1v) is 9.82. The second-order valence-corrected chi connectivity index (χ2v) is 9.36. The number of aliphatic hydroxyl groups excluding tert-OH is 3. The maximum atomic E-state index is 16.8. The average Bonchev–Trinajstić information content (AvgIpc) is 2.84. The molecule has 0 aromatic heterocycles. The SMILES string of the molecule is C[C@]12C[C@H](O)[C@@]3(F)[C@@H](CCC4=CC(=O)C=C[C@@]43C)[C@@H]1CC(O)C2(O)C(=O)CO. The minimum atomic E-state index is -2.23. The standard InChI is InChI=1S/C21H27FO6/c1-18-6-5-12(24)7-11(18)3-4-13-14-8-15(25)21(28,17(27)10-23)19(14,2)9-16(26)20(13,18)22/h5-7,13-16,23,25-26,28H,3-4,8-10H2,1-2H3/t13-,14-,15?,16-,18-,19-,20-,21?/m0/s1. The summed E-state index contributed by atoms with van der Waals surface area (Å²) in [6.07, 6.45) is 1.93. The molecular formula is C21H27FO6. The lowest BCUT2D eigenvalue weighted by molar-refractivity contribution is -0.222. The number of hydrogen-bond acceptors (Lipinski definition) is 6. The van der Waals surface area contributed by atoms with Crippen molar-refractivity contribution >= 4 is 11.6 Å². The molecule has 0 spiro atoms. The van der Waals surface area contributed by atoms with Crippen LogP contribution in [0.15, 0.2) is 23.8 Å². The molecule has 0 saturated heterocycles. The number of alkyl halides is 1. The van der Waals surface area contributed by atoms with Crippen molar-refractivity contribution in [2.75, 3.05) is 6.61 Å². The molecule has 4 aliphatic carbocycles. The van der Waals surface area contributed by atoms with E-state index in [-0.39, 0.29) is 18.6 Å². The summed E-state index contributed by atoms with van der Waals surface area (Å²) in [6, 6.07) is 0. The topological polar surface area (TPSA) is 115 Å². The Balaban J connectivity index is 1.84. The molecule has 28 heavy (non-hydrogen) atoms. The van der Waals surface area contributed by atoms with Crippen LogP contribution in [0.2, 0.25) is 0 Å². The maximum Gasteiger partial charge on any atom is 0.192 e. The zero-order valence-corrected chi connectivity index (χ0v) is 16.1. The van der Waals surface area contributed by atoms with Gasteiger partial charge in [0.2, 0.25) is 0 Å². The van der Waals surface area contributed by atoms with Crippen LogP contribution in [0.4, 0.5) is 4.39 Å². The Kier molecular flexibility index (Phi) is 4.13. The van der Waals surface area contributed by atoms with E-state index in [1.54, 1.807) is 13.8 Å². The molecule has 6 nitrogen and oxygen atoms in total. The van der Waals surface area contributed by atoms with Crippen LogP contribution < -0.4 is 0 Å². The quantitative estimate of drug-likeness (QED) is 0.546. The van der Waals surface area contributed by atoms with Gasteiger partial charge in [0.1, 0.15) is 6.61 Å². The molecular weight excluding hydrogens is 367 g/mol. The van der Waals surface area contributed by atoms with Crippen molar-refractivity contribution in [2.24, 2.45) is 22.7 Å². The van der Waals surface area contributed by atoms with Gasteiger partial charge in [-0.1, -0.05) is 18.6 Å². The Labute approximate surface area is 162 Å². The first kappa shape index (κ1) is 19.9. The molecule has 7 heteroatoms. The molecule has 0 aromatic rings. The molecule has 3 saturated carbocycles. The molecule has 2 unspecified atom stereocenters. The average molecular weight is 394 g/mol. The lowest BCUT2D eigenvalue weighted by atomic mass is 9.44. The molecule has 154 valence electrons. The zero-order chi connectivity index (χ0) is 20.7. The van der Waals surface area contributed by atoms with E-state index in [1.807, 2.05) is 0 Å². The fraction of sp³-hybridized carbons (Fsp3) is 0.714. The minimum absolute atomic E-state index is 0.0135. The summed E-state index contributed by atoms with van der Waals surface area (Å²) in [5.41, 5.74) is -6.12. The van der Waals surface area contributed by atoms with Crippen molar-refractivity contribution in [3.63, 3.8) is 0 Å². The van der Waals surface area contributed by atoms with Crippen LogP contribution in [0, 0.1) is 22.7 Å². The molecule has 3 fully saturated rings. The first-order chi connectivity index (χ1) is 13.0. The fourth-order valence-corrected chi connectivity index (χ4v) is 6.85. The third-order valence-corrected chi connectivity index (χ3v) is 8.43.